The van der Waals surface area contributed by atoms with Gasteiger partial charge in [0.25, 0.3) is 0 Å². The van der Waals surface area contributed by atoms with Crippen LogP contribution in [0.3, 0.4) is 0 Å². The molecular formula is C14H22ClN3. The zero-order chi connectivity index (χ0) is 13.0. The largest absolute Gasteiger partial charge is 0.368 e. The molecule has 1 aliphatic rings. The second-order valence-corrected chi connectivity index (χ2v) is 5.59. The molecule has 0 saturated heterocycles. The van der Waals surface area contributed by atoms with E-state index < -0.39 is 0 Å². The van der Waals surface area contributed by atoms with E-state index in [4.69, 9.17) is 11.6 Å². The molecule has 1 fully saturated rings. The Labute approximate surface area is 114 Å². The first-order valence-corrected chi connectivity index (χ1v) is 7.34. The van der Waals surface area contributed by atoms with Gasteiger partial charge in [-0.2, -0.15) is 0 Å². The minimum Gasteiger partial charge on any atom is -0.368 e. The van der Waals surface area contributed by atoms with E-state index in [2.05, 4.69) is 15.3 Å². The molecule has 1 saturated carbocycles. The van der Waals surface area contributed by atoms with Gasteiger partial charge in [0, 0.05) is 18.6 Å². The second kappa shape index (κ2) is 6.37. The molecule has 1 aromatic rings. The van der Waals surface area contributed by atoms with Gasteiger partial charge in [0.2, 0.25) is 0 Å². The van der Waals surface area contributed by atoms with Crippen LogP contribution in [-0.2, 0) is 0 Å². The van der Waals surface area contributed by atoms with Gasteiger partial charge in [-0.1, -0.05) is 12.8 Å². The van der Waals surface area contributed by atoms with E-state index in [1.165, 1.54) is 25.7 Å². The number of hydrogen-bond donors (Lipinski definition) is 1. The van der Waals surface area contributed by atoms with Crippen LogP contribution in [0, 0.1) is 25.7 Å². The van der Waals surface area contributed by atoms with Crippen LogP contribution in [0.4, 0.5) is 5.82 Å². The van der Waals surface area contributed by atoms with Crippen LogP contribution in [0.15, 0.2) is 6.20 Å². The zero-order valence-electron chi connectivity index (χ0n) is 11.2. The molecule has 0 radical (unpaired) electrons. The molecular weight excluding hydrogens is 246 g/mol. The van der Waals surface area contributed by atoms with E-state index in [0.29, 0.717) is 11.8 Å². The van der Waals surface area contributed by atoms with Crippen molar-refractivity contribution in [1.82, 2.24) is 9.97 Å². The van der Waals surface area contributed by atoms with Crippen molar-refractivity contribution in [1.29, 1.82) is 0 Å². The van der Waals surface area contributed by atoms with Crippen LogP contribution >= 0.6 is 11.6 Å². The number of aromatic nitrogens is 2. The highest BCUT2D eigenvalue weighted by atomic mass is 35.5. The number of alkyl halides is 1. The minimum atomic E-state index is 0.658. The summed E-state index contributed by atoms with van der Waals surface area (Å²) in [6, 6.07) is 0. The van der Waals surface area contributed by atoms with Gasteiger partial charge in [-0.3, -0.25) is 4.98 Å². The molecule has 0 bridgehead atoms. The molecule has 0 spiro atoms. The Bertz CT molecular complexity index is 395. The number of halogens is 1. The van der Waals surface area contributed by atoms with Crippen molar-refractivity contribution in [2.24, 2.45) is 11.8 Å². The lowest BCUT2D eigenvalue weighted by Gasteiger charge is -2.30. The number of nitrogens with one attached hydrogen (secondary N) is 1. The molecule has 2 rings (SSSR count). The average Bonchev–Trinajstić information content (AvgIpc) is 2.40. The molecule has 3 nitrogen and oxygen atoms in total. The van der Waals surface area contributed by atoms with Crippen molar-refractivity contribution in [2.75, 3.05) is 17.7 Å². The topological polar surface area (TPSA) is 37.8 Å². The summed E-state index contributed by atoms with van der Waals surface area (Å²) >= 11 is 6.06. The van der Waals surface area contributed by atoms with Crippen molar-refractivity contribution in [3.8, 4) is 0 Å². The fraction of sp³-hybridized carbons (Fsp3) is 0.714. The van der Waals surface area contributed by atoms with Crippen LogP contribution in [0.2, 0.25) is 0 Å². The average molecular weight is 268 g/mol. The zero-order valence-corrected chi connectivity index (χ0v) is 12.0. The van der Waals surface area contributed by atoms with E-state index in [9.17, 15) is 0 Å². The van der Waals surface area contributed by atoms with Crippen LogP contribution in [0.25, 0.3) is 0 Å². The summed E-state index contributed by atoms with van der Waals surface area (Å²) in [5.41, 5.74) is 1.93. The van der Waals surface area contributed by atoms with E-state index in [-0.39, 0.29) is 0 Å². The Morgan fingerprint density at radius 3 is 2.72 bits per heavy atom. The summed E-state index contributed by atoms with van der Waals surface area (Å²) in [5.74, 6) is 3.04. The standard InChI is InChI=1S/C14H22ClN3/c1-10-8-16-11(2)14(18-10)17-9-13-6-4-3-5-12(13)7-15/h8,12-13H,3-7,9H2,1-2H3,(H,17,18). The fourth-order valence-electron chi connectivity index (χ4n) is 2.69. The lowest BCUT2D eigenvalue weighted by molar-refractivity contribution is 0.272. The van der Waals surface area contributed by atoms with Gasteiger partial charge in [0.15, 0.2) is 0 Å². The summed E-state index contributed by atoms with van der Waals surface area (Å²) in [6.45, 7) is 4.94. The van der Waals surface area contributed by atoms with Crippen LogP contribution in [0.5, 0.6) is 0 Å². The normalized spacial score (nSPS) is 23.9. The fourth-order valence-corrected chi connectivity index (χ4v) is 3.10. The maximum absolute atomic E-state index is 6.06. The van der Waals surface area contributed by atoms with E-state index >= 15 is 0 Å². The highest BCUT2D eigenvalue weighted by Crippen LogP contribution is 2.31. The number of hydrogen-bond acceptors (Lipinski definition) is 3. The first kappa shape index (κ1) is 13.6. The minimum absolute atomic E-state index is 0.658. The maximum atomic E-state index is 6.06. The van der Waals surface area contributed by atoms with Crippen molar-refractivity contribution < 1.29 is 0 Å². The molecule has 0 aromatic carbocycles. The predicted octanol–water partition coefficient (Wildman–Crippen LogP) is 3.55. The summed E-state index contributed by atoms with van der Waals surface area (Å²) in [6.07, 6.45) is 7.02. The van der Waals surface area contributed by atoms with E-state index in [1.807, 2.05) is 20.0 Å². The lowest BCUT2D eigenvalue weighted by Crippen LogP contribution is -2.28. The first-order valence-electron chi connectivity index (χ1n) is 6.80. The Kier molecular flexibility index (Phi) is 4.81. The predicted molar refractivity (Wildman–Crippen MR) is 76.2 cm³/mol. The van der Waals surface area contributed by atoms with E-state index in [1.54, 1.807) is 0 Å². The van der Waals surface area contributed by atoms with Crippen molar-refractivity contribution in [2.45, 2.75) is 39.5 Å². The maximum Gasteiger partial charge on any atom is 0.147 e. The first-order chi connectivity index (χ1) is 8.70. The highest BCUT2D eigenvalue weighted by Gasteiger charge is 2.24. The molecule has 2 unspecified atom stereocenters. The Morgan fingerprint density at radius 1 is 1.28 bits per heavy atom. The molecule has 18 heavy (non-hydrogen) atoms. The molecule has 1 aliphatic carbocycles. The number of aryl methyl sites for hydroxylation is 2. The van der Waals surface area contributed by atoms with Gasteiger partial charge in [0.1, 0.15) is 5.82 Å². The smallest absolute Gasteiger partial charge is 0.147 e. The Morgan fingerprint density at radius 2 is 2.00 bits per heavy atom. The number of nitrogens with zero attached hydrogens (tertiary/aromatic N) is 2. The number of anilines is 1. The summed E-state index contributed by atoms with van der Waals surface area (Å²) in [5, 5.41) is 3.46. The lowest BCUT2D eigenvalue weighted by atomic mass is 9.80. The van der Waals surface area contributed by atoms with Crippen LogP contribution in [-0.4, -0.2) is 22.4 Å². The molecule has 0 amide bonds. The van der Waals surface area contributed by atoms with Crippen molar-refractivity contribution in [3.63, 3.8) is 0 Å². The SMILES string of the molecule is Cc1cnc(C)c(NCC2CCCCC2CCl)n1. The third-order valence-corrected chi connectivity index (χ3v) is 4.27. The Balaban J connectivity index is 1.95. The quantitative estimate of drug-likeness (QED) is 0.848. The molecule has 4 heteroatoms. The molecule has 1 heterocycles. The van der Waals surface area contributed by atoms with Gasteiger partial charge >= 0.3 is 0 Å². The van der Waals surface area contributed by atoms with Crippen molar-refractivity contribution >= 4 is 17.4 Å². The van der Waals surface area contributed by atoms with Gasteiger partial charge in [-0.25, -0.2) is 4.98 Å². The molecule has 1 N–H and O–H groups in total. The van der Waals surface area contributed by atoms with Crippen LogP contribution in [0.1, 0.15) is 37.1 Å². The highest BCUT2D eigenvalue weighted by molar-refractivity contribution is 6.18. The molecule has 1 aromatic heterocycles. The summed E-state index contributed by atoms with van der Waals surface area (Å²) < 4.78 is 0. The van der Waals surface area contributed by atoms with Gasteiger partial charge in [-0.05, 0) is 38.5 Å². The van der Waals surface area contributed by atoms with Gasteiger partial charge in [-0.15, -0.1) is 11.6 Å². The summed E-state index contributed by atoms with van der Waals surface area (Å²) in [7, 11) is 0. The molecule has 0 aliphatic heterocycles. The van der Waals surface area contributed by atoms with E-state index in [0.717, 1.165) is 29.6 Å². The van der Waals surface area contributed by atoms with Crippen molar-refractivity contribution in [3.05, 3.63) is 17.6 Å². The van der Waals surface area contributed by atoms with Gasteiger partial charge in [0.05, 0.1) is 11.4 Å². The summed E-state index contributed by atoms with van der Waals surface area (Å²) in [4.78, 5) is 8.83. The second-order valence-electron chi connectivity index (χ2n) is 5.29. The monoisotopic (exact) mass is 267 g/mol. The van der Waals surface area contributed by atoms with Gasteiger partial charge < -0.3 is 5.32 Å². The molecule has 100 valence electrons. The number of rotatable bonds is 4. The third-order valence-electron chi connectivity index (χ3n) is 3.87. The molecule has 2 atom stereocenters. The Hall–Kier alpha value is -0.830. The van der Waals surface area contributed by atoms with Crippen LogP contribution < -0.4 is 5.32 Å². The third kappa shape index (κ3) is 3.35.